The Morgan fingerprint density at radius 1 is 0.600 bits per heavy atom. The molecule has 0 aromatic heterocycles. The summed E-state index contributed by atoms with van der Waals surface area (Å²) in [4.78, 5) is 10.4. The molecule has 0 aromatic rings. The molecule has 0 atom stereocenters. The van der Waals surface area contributed by atoms with Gasteiger partial charge in [-0.05, 0) is 76.2 Å². The molecule has 0 aromatic carbocycles. The highest BCUT2D eigenvalue weighted by atomic mass is 16.7. The quantitative estimate of drug-likeness (QED) is 0.495. The van der Waals surface area contributed by atoms with Crippen molar-refractivity contribution in [1.82, 2.24) is 0 Å². The van der Waals surface area contributed by atoms with Crippen molar-refractivity contribution in [2.24, 2.45) is 0 Å². The van der Waals surface area contributed by atoms with E-state index in [1.807, 2.05) is 55.4 Å². The van der Waals surface area contributed by atoms with E-state index in [0.29, 0.717) is 0 Å². The molecule has 0 aliphatic carbocycles. The highest BCUT2D eigenvalue weighted by molar-refractivity contribution is 5.60. The Labute approximate surface area is 155 Å². The molecule has 0 unspecified atom stereocenters. The van der Waals surface area contributed by atoms with Gasteiger partial charge < -0.3 is 23.7 Å². The maximum atomic E-state index is 10.4. The smallest absolute Gasteiger partial charge is 0.438 e. The van der Waals surface area contributed by atoms with Crippen LogP contribution in [0.15, 0.2) is 0 Å². The summed E-state index contributed by atoms with van der Waals surface area (Å²) in [5.41, 5.74) is -0.549. The standard InChI is InChI=1S/C8H18O2.C6H12O3.C5H12O/c1-7(2,3)10-8(4,5)9-6;1-6(2,3)9-5(7)8-4;1-5(2,3)6-4/h1-6H3;1-4H3;1-4H3. The summed E-state index contributed by atoms with van der Waals surface area (Å²) >= 11 is 0. The summed E-state index contributed by atoms with van der Waals surface area (Å²) in [5.74, 6) is -0.474. The lowest BCUT2D eigenvalue weighted by Crippen LogP contribution is -2.36. The van der Waals surface area contributed by atoms with Crippen molar-refractivity contribution >= 4 is 6.16 Å². The minimum absolute atomic E-state index is 0.0417. The molecule has 0 radical (unpaired) electrons. The third-order valence-electron chi connectivity index (χ3n) is 2.21. The Bertz CT molecular complexity index is 342. The fraction of sp³-hybridized carbons (Fsp3) is 0.947. The van der Waals surface area contributed by atoms with Gasteiger partial charge in [0.05, 0.1) is 18.3 Å². The van der Waals surface area contributed by atoms with Crippen molar-refractivity contribution < 1.29 is 28.5 Å². The minimum Gasteiger partial charge on any atom is -0.438 e. The normalized spacial score (nSPS) is 12.2. The predicted molar refractivity (Wildman–Crippen MR) is 102 cm³/mol. The van der Waals surface area contributed by atoms with E-state index in [4.69, 9.17) is 18.9 Å². The van der Waals surface area contributed by atoms with Crippen LogP contribution in [-0.4, -0.2) is 50.1 Å². The zero-order chi connectivity index (χ0) is 21.1. The lowest BCUT2D eigenvalue weighted by Gasteiger charge is -2.32. The molecule has 0 N–H and O–H groups in total. The van der Waals surface area contributed by atoms with Crippen LogP contribution in [0.1, 0.15) is 76.2 Å². The lowest BCUT2D eigenvalue weighted by molar-refractivity contribution is -0.245. The first-order valence-electron chi connectivity index (χ1n) is 8.36. The largest absolute Gasteiger partial charge is 0.508 e. The monoisotopic (exact) mass is 366 g/mol. The van der Waals surface area contributed by atoms with E-state index in [1.54, 1.807) is 35.0 Å². The van der Waals surface area contributed by atoms with Gasteiger partial charge in [0.15, 0.2) is 5.79 Å². The summed E-state index contributed by atoms with van der Waals surface area (Å²) in [6.45, 7) is 21.2. The van der Waals surface area contributed by atoms with Crippen LogP contribution in [0, 0.1) is 0 Å². The molecule has 25 heavy (non-hydrogen) atoms. The molecule has 0 heterocycles. The fourth-order valence-corrected chi connectivity index (χ4v) is 1.07. The van der Waals surface area contributed by atoms with Gasteiger partial charge in [0, 0.05) is 14.2 Å². The Morgan fingerprint density at radius 2 is 0.960 bits per heavy atom. The van der Waals surface area contributed by atoms with Gasteiger partial charge >= 0.3 is 6.16 Å². The lowest BCUT2D eigenvalue weighted by atomic mass is 10.2. The van der Waals surface area contributed by atoms with Gasteiger partial charge in [0.1, 0.15) is 5.60 Å². The number of hydrogen-bond donors (Lipinski definition) is 0. The molecule has 0 saturated heterocycles. The molecule has 0 fully saturated rings. The third-order valence-corrected chi connectivity index (χ3v) is 2.21. The van der Waals surface area contributed by atoms with Gasteiger partial charge in [-0.3, -0.25) is 0 Å². The van der Waals surface area contributed by atoms with Crippen LogP contribution in [0.4, 0.5) is 4.79 Å². The molecule has 6 nitrogen and oxygen atoms in total. The Kier molecular flexibility index (Phi) is 13.5. The maximum absolute atomic E-state index is 10.4. The molecular weight excluding hydrogens is 324 g/mol. The molecule has 0 bridgehead atoms. The number of methoxy groups -OCH3 is 3. The summed E-state index contributed by atoms with van der Waals surface area (Å²) < 4.78 is 24.6. The van der Waals surface area contributed by atoms with E-state index in [9.17, 15) is 4.79 Å². The predicted octanol–water partition coefficient (Wildman–Crippen LogP) is 5.18. The van der Waals surface area contributed by atoms with E-state index in [1.165, 1.54) is 7.11 Å². The van der Waals surface area contributed by atoms with Gasteiger partial charge in [0.2, 0.25) is 0 Å². The van der Waals surface area contributed by atoms with Crippen molar-refractivity contribution in [3.63, 3.8) is 0 Å². The molecular formula is C19H42O6. The second-order valence-corrected chi connectivity index (χ2v) is 8.80. The van der Waals surface area contributed by atoms with Crippen LogP contribution in [0.3, 0.4) is 0 Å². The number of ether oxygens (including phenoxy) is 5. The van der Waals surface area contributed by atoms with E-state index in [2.05, 4.69) is 4.74 Å². The Hall–Kier alpha value is -0.850. The van der Waals surface area contributed by atoms with Crippen LogP contribution in [-0.2, 0) is 23.7 Å². The SMILES string of the molecule is COC(=O)OC(C)(C)C.COC(C)(C)C.COC(C)(C)OC(C)(C)C. The van der Waals surface area contributed by atoms with Gasteiger partial charge in [-0.1, -0.05) is 0 Å². The van der Waals surface area contributed by atoms with E-state index >= 15 is 0 Å². The number of hydrogen-bond acceptors (Lipinski definition) is 6. The molecule has 0 aliphatic heterocycles. The van der Waals surface area contributed by atoms with Crippen LogP contribution < -0.4 is 0 Å². The molecule has 0 saturated carbocycles. The zero-order valence-corrected chi connectivity index (χ0v) is 18.9. The van der Waals surface area contributed by atoms with Crippen LogP contribution >= 0.6 is 0 Å². The first kappa shape index (κ1) is 28.9. The van der Waals surface area contributed by atoms with Gasteiger partial charge in [0.25, 0.3) is 0 Å². The molecule has 6 heteroatoms. The summed E-state index contributed by atoms with van der Waals surface area (Å²) in [5, 5.41) is 0. The minimum atomic E-state index is -0.637. The molecule has 154 valence electrons. The van der Waals surface area contributed by atoms with Crippen molar-refractivity contribution in [1.29, 1.82) is 0 Å². The Morgan fingerprint density at radius 3 is 1.04 bits per heavy atom. The maximum Gasteiger partial charge on any atom is 0.508 e. The zero-order valence-electron chi connectivity index (χ0n) is 18.9. The second kappa shape index (κ2) is 11.7. The van der Waals surface area contributed by atoms with Crippen molar-refractivity contribution in [2.45, 2.75) is 98.8 Å². The highest BCUT2D eigenvalue weighted by Gasteiger charge is 2.24. The highest BCUT2D eigenvalue weighted by Crippen LogP contribution is 2.19. The van der Waals surface area contributed by atoms with E-state index < -0.39 is 17.5 Å². The summed E-state index contributed by atoms with van der Waals surface area (Å²) in [6.07, 6.45) is -0.637. The number of carbonyl (C=O) groups is 1. The van der Waals surface area contributed by atoms with Crippen LogP contribution in [0.5, 0.6) is 0 Å². The average molecular weight is 367 g/mol. The van der Waals surface area contributed by atoms with Crippen molar-refractivity contribution in [2.75, 3.05) is 21.3 Å². The molecule has 0 aliphatic rings. The fourth-order valence-electron chi connectivity index (χ4n) is 1.07. The van der Waals surface area contributed by atoms with Gasteiger partial charge in [-0.25, -0.2) is 4.79 Å². The number of rotatable bonds is 2. The molecule has 0 rings (SSSR count). The topological polar surface area (TPSA) is 63.2 Å². The summed E-state index contributed by atoms with van der Waals surface area (Å²) in [6, 6.07) is 0. The van der Waals surface area contributed by atoms with E-state index in [-0.39, 0.29) is 11.2 Å². The number of carbonyl (C=O) groups excluding carboxylic acids is 1. The first-order chi connectivity index (χ1) is 10.8. The molecule has 0 amide bonds. The van der Waals surface area contributed by atoms with Crippen molar-refractivity contribution in [3.8, 4) is 0 Å². The third kappa shape index (κ3) is 31.4. The summed E-state index contributed by atoms with van der Waals surface area (Å²) in [7, 11) is 4.64. The second-order valence-electron chi connectivity index (χ2n) is 8.80. The van der Waals surface area contributed by atoms with Crippen LogP contribution in [0.25, 0.3) is 0 Å². The van der Waals surface area contributed by atoms with E-state index in [0.717, 1.165) is 0 Å². The first-order valence-corrected chi connectivity index (χ1v) is 8.36. The van der Waals surface area contributed by atoms with Gasteiger partial charge in [-0.15, -0.1) is 0 Å². The average Bonchev–Trinajstić information content (AvgIpc) is 2.34. The molecule has 0 spiro atoms. The Balaban J connectivity index is -0.000000300. The van der Waals surface area contributed by atoms with Crippen LogP contribution in [0.2, 0.25) is 0 Å². The van der Waals surface area contributed by atoms with Gasteiger partial charge in [-0.2, -0.15) is 0 Å². The van der Waals surface area contributed by atoms with Crippen molar-refractivity contribution in [3.05, 3.63) is 0 Å².